The van der Waals surface area contributed by atoms with E-state index in [4.69, 9.17) is 32.7 Å². The van der Waals surface area contributed by atoms with Gasteiger partial charge in [-0.15, -0.1) is 11.6 Å². The summed E-state index contributed by atoms with van der Waals surface area (Å²) in [6, 6.07) is 11.9. The van der Waals surface area contributed by atoms with Crippen LogP contribution in [0.1, 0.15) is 21.6 Å². The Morgan fingerprint density at radius 3 is 2.50 bits per heavy atom. The molecule has 0 spiro atoms. The van der Waals surface area contributed by atoms with Gasteiger partial charge in [0.25, 0.3) is 5.91 Å². The highest BCUT2D eigenvalue weighted by atomic mass is 35.5. The maximum Gasteiger partial charge on any atom is 0.310 e. The number of nitrogens with zero attached hydrogens (tertiary/aromatic N) is 1. The van der Waals surface area contributed by atoms with Gasteiger partial charge in [-0.3, -0.25) is 14.2 Å². The third-order valence-electron chi connectivity index (χ3n) is 4.77. The van der Waals surface area contributed by atoms with Crippen LogP contribution in [0.25, 0.3) is 10.9 Å². The number of benzene rings is 2. The Morgan fingerprint density at radius 2 is 1.87 bits per heavy atom. The van der Waals surface area contributed by atoms with Crippen molar-refractivity contribution in [1.29, 1.82) is 0 Å². The number of aliphatic hydroxyl groups is 1. The zero-order valence-corrected chi connectivity index (χ0v) is 18.0. The quantitative estimate of drug-likeness (QED) is 0.435. The van der Waals surface area contributed by atoms with E-state index in [0.717, 1.165) is 0 Å². The number of alkyl halides is 1. The van der Waals surface area contributed by atoms with E-state index in [2.05, 4.69) is 0 Å². The van der Waals surface area contributed by atoms with E-state index in [0.29, 0.717) is 38.5 Å². The Balaban J connectivity index is 2.04. The number of hydrogen-bond donors (Lipinski definition) is 1. The minimum absolute atomic E-state index is 0.0294. The van der Waals surface area contributed by atoms with Crippen LogP contribution in [0.4, 0.5) is 0 Å². The van der Waals surface area contributed by atoms with Crippen LogP contribution >= 0.6 is 23.2 Å². The Morgan fingerprint density at radius 1 is 1.17 bits per heavy atom. The van der Waals surface area contributed by atoms with Gasteiger partial charge in [-0.2, -0.15) is 0 Å². The summed E-state index contributed by atoms with van der Waals surface area (Å²) < 4.78 is 12.0. The molecule has 1 heterocycles. The van der Waals surface area contributed by atoms with E-state index in [1.54, 1.807) is 61.1 Å². The molecule has 3 rings (SSSR count). The first kappa shape index (κ1) is 22.2. The molecule has 30 heavy (non-hydrogen) atoms. The summed E-state index contributed by atoms with van der Waals surface area (Å²) in [6.45, 7) is 1.59. The molecule has 0 aliphatic carbocycles. The zero-order valence-electron chi connectivity index (χ0n) is 16.5. The number of halogens is 2. The number of ether oxygens (including phenoxy) is 2. The molecule has 8 heteroatoms. The van der Waals surface area contributed by atoms with Gasteiger partial charge in [0, 0.05) is 21.7 Å². The first-order chi connectivity index (χ1) is 14.3. The van der Waals surface area contributed by atoms with Gasteiger partial charge >= 0.3 is 5.97 Å². The van der Waals surface area contributed by atoms with Crippen molar-refractivity contribution in [3.63, 3.8) is 0 Å². The summed E-state index contributed by atoms with van der Waals surface area (Å²) >= 11 is 11.5. The van der Waals surface area contributed by atoms with Crippen molar-refractivity contribution in [3.8, 4) is 5.75 Å². The van der Waals surface area contributed by atoms with Gasteiger partial charge < -0.3 is 14.6 Å². The van der Waals surface area contributed by atoms with E-state index in [1.165, 1.54) is 0 Å². The average molecular weight is 450 g/mol. The van der Waals surface area contributed by atoms with Crippen LogP contribution in [0.3, 0.4) is 0 Å². The lowest BCUT2D eigenvalue weighted by Crippen LogP contribution is -2.21. The topological polar surface area (TPSA) is 77.8 Å². The number of carbonyl (C=O) groups is 2. The molecular formula is C22H21Cl2NO5. The third-order valence-corrected chi connectivity index (χ3v) is 5.38. The lowest BCUT2D eigenvalue weighted by molar-refractivity contribution is -0.145. The molecule has 1 N–H and O–H groups in total. The monoisotopic (exact) mass is 449 g/mol. The van der Waals surface area contributed by atoms with Crippen molar-refractivity contribution in [2.24, 2.45) is 0 Å². The fourth-order valence-corrected chi connectivity index (χ4v) is 3.44. The number of methoxy groups -OCH3 is 1. The number of esters is 1. The molecule has 1 unspecified atom stereocenters. The van der Waals surface area contributed by atoms with Crippen molar-refractivity contribution in [3.05, 3.63) is 64.3 Å². The summed E-state index contributed by atoms with van der Waals surface area (Å²) in [6.07, 6.45) is -0.990. The molecule has 0 fully saturated rings. The van der Waals surface area contributed by atoms with E-state index < -0.39 is 12.1 Å². The van der Waals surface area contributed by atoms with Crippen molar-refractivity contribution < 1.29 is 24.2 Å². The van der Waals surface area contributed by atoms with Gasteiger partial charge in [0.2, 0.25) is 0 Å². The lowest BCUT2D eigenvalue weighted by atomic mass is 10.1. The average Bonchev–Trinajstić information content (AvgIpc) is 3.02. The molecule has 1 atom stereocenters. The van der Waals surface area contributed by atoms with Gasteiger partial charge in [-0.1, -0.05) is 11.6 Å². The molecular weight excluding hydrogens is 429 g/mol. The number of rotatable bonds is 7. The Hall–Kier alpha value is -2.54. The molecule has 0 aliphatic rings. The van der Waals surface area contributed by atoms with Crippen LogP contribution in [0, 0.1) is 6.92 Å². The first-order valence-electron chi connectivity index (χ1n) is 9.23. The van der Waals surface area contributed by atoms with Crippen LogP contribution in [0.15, 0.2) is 42.5 Å². The summed E-state index contributed by atoms with van der Waals surface area (Å²) in [5.74, 6) is -0.191. The molecule has 1 aromatic heterocycles. The molecule has 0 radical (unpaired) electrons. The van der Waals surface area contributed by atoms with Crippen molar-refractivity contribution in [2.45, 2.75) is 19.4 Å². The smallest absolute Gasteiger partial charge is 0.310 e. The highest BCUT2D eigenvalue weighted by molar-refractivity contribution is 6.30. The fourth-order valence-electron chi connectivity index (χ4n) is 3.22. The molecule has 0 saturated carbocycles. The molecule has 3 aromatic rings. The van der Waals surface area contributed by atoms with Gasteiger partial charge in [0.05, 0.1) is 24.9 Å². The fraction of sp³-hybridized carbons (Fsp3) is 0.273. The normalized spacial score (nSPS) is 12.0. The minimum Gasteiger partial charge on any atom is -0.497 e. The maximum atomic E-state index is 13.2. The van der Waals surface area contributed by atoms with Crippen LogP contribution in [0.5, 0.6) is 5.75 Å². The molecule has 158 valence electrons. The zero-order chi connectivity index (χ0) is 21.8. The third kappa shape index (κ3) is 4.61. The summed E-state index contributed by atoms with van der Waals surface area (Å²) in [5.41, 5.74) is 2.39. The van der Waals surface area contributed by atoms with Crippen molar-refractivity contribution in [1.82, 2.24) is 4.57 Å². The second-order valence-corrected chi connectivity index (χ2v) is 7.51. The molecule has 0 amide bonds. The van der Waals surface area contributed by atoms with E-state index in [-0.39, 0.29) is 24.8 Å². The number of aliphatic hydroxyl groups excluding tert-OH is 1. The minimum atomic E-state index is -0.926. The largest absolute Gasteiger partial charge is 0.497 e. The van der Waals surface area contributed by atoms with Crippen molar-refractivity contribution >= 4 is 46.0 Å². The standard InChI is InChI=1S/C22H21Cl2NO5/c1-13-18(10-21(27)30-12-16(26)11-23)19-9-17(29-2)7-8-20(19)25(13)22(28)14-3-5-15(24)6-4-14/h3-9,16,26H,10-12H2,1-2H3. The van der Waals surface area contributed by atoms with E-state index in [9.17, 15) is 14.7 Å². The van der Waals surface area contributed by atoms with Crippen LogP contribution in [-0.4, -0.2) is 47.3 Å². The SMILES string of the molecule is COc1ccc2c(c1)c(CC(=O)OCC(O)CCl)c(C)n2C(=O)c1ccc(Cl)cc1. The molecule has 0 bridgehead atoms. The Bertz CT molecular complexity index is 1080. The van der Waals surface area contributed by atoms with Gasteiger partial charge in [-0.25, -0.2) is 0 Å². The molecule has 6 nitrogen and oxygen atoms in total. The predicted molar refractivity (Wildman–Crippen MR) is 116 cm³/mol. The Labute approximate surface area is 183 Å². The van der Waals surface area contributed by atoms with Crippen molar-refractivity contribution in [2.75, 3.05) is 19.6 Å². The van der Waals surface area contributed by atoms with E-state index >= 15 is 0 Å². The van der Waals surface area contributed by atoms with Gasteiger partial charge in [-0.05, 0) is 55.0 Å². The number of fused-ring (bicyclic) bond motifs is 1. The highest BCUT2D eigenvalue weighted by Crippen LogP contribution is 2.31. The lowest BCUT2D eigenvalue weighted by Gasteiger charge is -2.09. The molecule has 2 aromatic carbocycles. The first-order valence-corrected chi connectivity index (χ1v) is 10.1. The Kier molecular flexibility index (Phi) is 7.02. The van der Waals surface area contributed by atoms with Crippen LogP contribution in [-0.2, 0) is 16.0 Å². The van der Waals surface area contributed by atoms with Crippen LogP contribution in [0.2, 0.25) is 5.02 Å². The van der Waals surface area contributed by atoms with E-state index in [1.807, 2.05) is 0 Å². The van der Waals surface area contributed by atoms with Crippen LogP contribution < -0.4 is 4.74 Å². The summed E-state index contributed by atoms with van der Waals surface area (Å²) in [5, 5.41) is 10.8. The maximum absolute atomic E-state index is 13.2. The van der Waals surface area contributed by atoms with Gasteiger partial charge in [0.15, 0.2) is 0 Å². The summed E-state index contributed by atoms with van der Waals surface area (Å²) in [4.78, 5) is 25.6. The van der Waals surface area contributed by atoms with Gasteiger partial charge in [0.1, 0.15) is 18.5 Å². The highest BCUT2D eigenvalue weighted by Gasteiger charge is 2.22. The molecule has 0 aliphatic heterocycles. The summed E-state index contributed by atoms with van der Waals surface area (Å²) in [7, 11) is 1.55. The number of aromatic nitrogens is 1. The molecule has 0 saturated heterocycles. The second kappa shape index (κ2) is 9.51. The predicted octanol–water partition coefficient (Wildman–Crippen LogP) is 3.99. The number of hydrogen-bond acceptors (Lipinski definition) is 5. The second-order valence-electron chi connectivity index (χ2n) is 6.76. The number of carbonyl (C=O) groups excluding carboxylic acids is 2.